The minimum Gasteiger partial charge on any atom is -0.476 e. The summed E-state index contributed by atoms with van der Waals surface area (Å²) < 4.78 is 4.33. The van der Waals surface area contributed by atoms with E-state index in [0.29, 0.717) is 0 Å². The maximum Gasteiger partial charge on any atom is 0.353 e. The minimum absolute atomic E-state index is 0.0880. The maximum absolute atomic E-state index is 8.27. The molecule has 3 nitrogen and oxygen atoms in total. The molecule has 0 saturated heterocycles. The average molecular weight is 86.1 g/mol. The van der Waals surface area contributed by atoms with Gasteiger partial charge in [0.2, 0.25) is 0 Å². The molecule has 0 aliphatic rings. The van der Waals surface area contributed by atoms with Gasteiger partial charge in [0.1, 0.15) is 0 Å². The van der Waals surface area contributed by atoms with Gasteiger partial charge in [-0.1, -0.05) is 0 Å². The first-order valence-electron chi connectivity index (χ1n) is 1.53. The molecular weight excluding hydrogens is 82.0 g/mol. The second kappa shape index (κ2) is 1.01. The third kappa shape index (κ3) is 0.337. The first-order valence-corrected chi connectivity index (χ1v) is 1.53. The number of aromatic hydroxyl groups is 1. The van der Waals surface area contributed by atoms with Crippen molar-refractivity contribution in [3.05, 3.63) is 12.6 Å². The molecule has 0 amide bonds. The SMILES string of the molecule is Oc1c[nH+]co1. The maximum atomic E-state index is 8.27. The van der Waals surface area contributed by atoms with E-state index in [2.05, 4.69) is 9.40 Å². The number of oxazole rings is 1. The summed E-state index contributed by atoms with van der Waals surface area (Å²) in [7, 11) is 0. The largest absolute Gasteiger partial charge is 0.476 e. The Morgan fingerprint density at radius 1 is 1.83 bits per heavy atom. The molecule has 6 heavy (non-hydrogen) atoms. The molecule has 1 rings (SSSR count). The Morgan fingerprint density at radius 2 is 2.67 bits per heavy atom. The normalized spacial score (nSPS) is 8.67. The lowest BCUT2D eigenvalue weighted by atomic mass is 10.9. The van der Waals surface area contributed by atoms with Crippen LogP contribution in [-0.4, -0.2) is 5.11 Å². The fourth-order valence-corrected chi connectivity index (χ4v) is 0.234. The van der Waals surface area contributed by atoms with Gasteiger partial charge >= 0.3 is 12.3 Å². The van der Waals surface area contributed by atoms with E-state index in [1.54, 1.807) is 0 Å². The second-order valence-electron chi connectivity index (χ2n) is 0.885. The van der Waals surface area contributed by atoms with Gasteiger partial charge in [0.15, 0.2) is 0 Å². The van der Waals surface area contributed by atoms with Crippen molar-refractivity contribution >= 4 is 0 Å². The van der Waals surface area contributed by atoms with E-state index in [0.717, 1.165) is 0 Å². The molecule has 1 aromatic rings. The molecule has 0 fully saturated rings. The van der Waals surface area contributed by atoms with Gasteiger partial charge in [0, 0.05) is 0 Å². The van der Waals surface area contributed by atoms with Crippen LogP contribution in [0, 0.1) is 0 Å². The summed E-state index contributed by atoms with van der Waals surface area (Å²) >= 11 is 0. The van der Waals surface area contributed by atoms with Gasteiger partial charge in [-0.25, -0.2) is 0 Å². The van der Waals surface area contributed by atoms with Crippen molar-refractivity contribution < 1.29 is 14.5 Å². The van der Waals surface area contributed by atoms with Crippen LogP contribution in [0.25, 0.3) is 0 Å². The summed E-state index contributed by atoms with van der Waals surface area (Å²) in [6.45, 7) is 0. The number of hydrogen-bond donors (Lipinski definition) is 1. The van der Waals surface area contributed by atoms with Crippen LogP contribution in [0.15, 0.2) is 17.0 Å². The highest BCUT2D eigenvalue weighted by molar-refractivity contribution is 4.84. The molecule has 0 bridgehead atoms. The van der Waals surface area contributed by atoms with Gasteiger partial charge in [-0.3, -0.25) is 0 Å². The van der Waals surface area contributed by atoms with Crippen molar-refractivity contribution in [3.63, 3.8) is 0 Å². The summed E-state index contributed by atoms with van der Waals surface area (Å²) in [5.41, 5.74) is 0. The Morgan fingerprint density at radius 3 is 2.83 bits per heavy atom. The third-order valence-electron chi connectivity index (χ3n) is 0.455. The molecule has 0 atom stereocenters. The first-order chi connectivity index (χ1) is 2.89. The van der Waals surface area contributed by atoms with E-state index in [9.17, 15) is 0 Å². The number of rotatable bonds is 0. The smallest absolute Gasteiger partial charge is 0.353 e. The van der Waals surface area contributed by atoms with E-state index >= 15 is 0 Å². The predicted octanol–water partition coefficient (Wildman–Crippen LogP) is -0.201. The Hall–Kier alpha value is -0.990. The van der Waals surface area contributed by atoms with Crippen molar-refractivity contribution in [1.82, 2.24) is 0 Å². The van der Waals surface area contributed by atoms with Crippen molar-refractivity contribution in [3.8, 4) is 5.95 Å². The summed E-state index contributed by atoms with van der Waals surface area (Å²) in [5.74, 6) is -0.0880. The Bertz CT molecular complexity index is 112. The first kappa shape index (κ1) is 3.21. The van der Waals surface area contributed by atoms with E-state index in [1.807, 2.05) is 0 Å². The monoisotopic (exact) mass is 86.0 g/mol. The van der Waals surface area contributed by atoms with Crippen molar-refractivity contribution in [2.75, 3.05) is 0 Å². The van der Waals surface area contributed by atoms with Crippen molar-refractivity contribution in [2.24, 2.45) is 0 Å². The van der Waals surface area contributed by atoms with Crippen LogP contribution in [0.2, 0.25) is 0 Å². The zero-order valence-corrected chi connectivity index (χ0v) is 3.01. The van der Waals surface area contributed by atoms with Crippen LogP contribution < -0.4 is 4.98 Å². The van der Waals surface area contributed by atoms with Crippen molar-refractivity contribution in [1.29, 1.82) is 0 Å². The van der Waals surface area contributed by atoms with Gasteiger partial charge in [-0.2, -0.15) is 4.98 Å². The van der Waals surface area contributed by atoms with Gasteiger partial charge in [-0.15, -0.1) is 0 Å². The zero-order valence-electron chi connectivity index (χ0n) is 3.01. The molecule has 32 valence electrons. The summed E-state index contributed by atoms with van der Waals surface area (Å²) in [6, 6.07) is 0. The highest BCUT2D eigenvalue weighted by Crippen LogP contribution is 1.97. The Labute approximate surface area is 34.2 Å². The molecular formula is C3H4NO2+. The fourth-order valence-electron chi connectivity index (χ4n) is 0.234. The highest BCUT2D eigenvalue weighted by Gasteiger charge is 1.88. The summed E-state index contributed by atoms with van der Waals surface area (Å²) in [5, 5.41) is 8.27. The van der Waals surface area contributed by atoms with Crippen LogP contribution in [-0.2, 0) is 0 Å². The van der Waals surface area contributed by atoms with Crippen LogP contribution in [0.4, 0.5) is 0 Å². The predicted molar refractivity (Wildman–Crippen MR) is 16.9 cm³/mol. The summed E-state index contributed by atoms with van der Waals surface area (Å²) in [4.78, 5) is 2.51. The lowest BCUT2D eigenvalue weighted by molar-refractivity contribution is -0.383. The van der Waals surface area contributed by atoms with Gasteiger partial charge in [0.25, 0.3) is 6.20 Å². The van der Waals surface area contributed by atoms with Gasteiger partial charge < -0.3 is 9.52 Å². The fraction of sp³-hybridized carbons (Fsp3) is 0. The van der Waals surface area contributed by atoms with Crippen LogP contribution in [0.1, 0.15) is 0 Å². The molecule has 2 N–H and O–H groups in total. The van der Waals surface area contributed by atoms with Crippen LogP contribution in [0.3, 0.4) is 0 Å². The second-order valence-corrected chi connectivity index (χ2v) is 0.885. The number of H-pyrrole nitrogens is 1. The molecule has 3 heteroatoms. The minimum atomic E-state index is -0.0880. The lowest BCUT2D eigenvalue weighted by Crippen LogP contribution is -1.87. The van der Waals surface area contributed by atoms with Gasteiger partial charge in [-0.05, 0) is 0 Å². The molecule has 0 aromatic carbocycles. The molecule has 0 spiro atoms. The lowest BCUT2D eigenvalue weighted by Gasteiger charge is -1.62. The zero-order chi connectivity index (χ0) is 4.41. The topological polar surface area (TPSA) is 47.5 Å². The standard InChI is InChI=1S/C3H3NO2/c5-3-1-4-2-6-3/h1-2,5H/p+1. The third-order valence-corrected chi connectivity index (χ3v) is 0.455. The average Bonchev–Trinajstić information content (AvgIpc) is 1.86. The van der Waals surface area contributed by atoms with Crippen LogP contribution in [0.5, 0.6) is 5.95 Å². The number of aromatic amines is 1. The number of hydrogen-bond acceptors (Lipinski definition) is 2. The van der Waals surface area contributed by atoms with Gasteiger partial charge in [0.05, 0.1) is 0 Å². The number of nitrogens with one attached hydrogen (secondary N) is 1. The Kier molecular flexibility index (Phi) is 0.538. The Balaban J connectivity index is 3.05. The molecule has 0 aliphatic heterocycles. The molecule has 1 aromatic heterocycles. The molecule has 0 unspecified atom stereocenters. The molecule has 0 aliphatic carbocycles. The quantitative estimate of drug-likeness (QED) is 0.475. The van der Waals surface area contributed by atoms with E-state index < -0.39 is 0 Å². The van der Waals surface area contributed by atoms with E-state index in [1.165, 1.54) is 12.6 Å². The summed E-state index contributed by atoms with van der Waals surface area (Å²) in [6.07, 6.45) is 2.63. The van der Waals surface area contributed by atoms with E-state index in [4.69, 9.17) is 5.11 Å². The molecule has 0 saturated carbocycles. The molecule has 1 heterocycles. The highest BCUT2D eigenvalue weighted by atomic mass is 16.5. The number of aromatic nitrogens is 1. The van der Waals surface area contributed by atoms with E-state index in [-0.39, 0.29) is 5.95 Å². The molecule has 0 radical (unpaired) electrons. The van der Waals surface area contributed by atoms with Crippen molar-refractivity contribution in [2.45, 2.75) is 0 Å². The van der Waals surface area contributed by atoms with Crippen LogP contribution >= 0.6 is 0 Å².